The summed E-state index contributed by atoms with van der Waals surface area (Å²) in [5.41, 5.74) is 2.68. The highest BCUT2D eigenvalue weighted by Gasteiger charge is 2.70. The van der Waals surface area contributed by atoms with Gasteiger partial charge in [-0.05, 0) is 50.6 Å². The second-order valence-corrected chi connectivity index (χ2v) is 8.30. The molecule has 2 aliphatic heterocycles. The van der Waals surface area contributed by atoms with Crippen molar-refractivity contribution in [3.63, 3.8) is 0 Å². The van der Waals surface area contributed by atoms with Gasteiger partial charge in [-0.2, -0.15) is 0 Å². The Morgan fingerprint density at radius 1 is 1.33 bits per heavy atom. The van der Waals surface area contributed by atoms with Crippen LogP contribution in [0.25, 0.3) is 0 Å². The highest BCUT2D eigenvalue weighted by Crippen LogP contribution is 2.66. The molecule has 27 heavy (non-hydrogen) atoms. The van der Waals surface area contributed by atoms with Crippen molar-refractivity contribution in [2.45, 2.75) is 49.0 Å². The van der Waals surface area contributed by atoms with Crippen LogP contribution in [-0.2, 0) is 21.3 Å². The molecule has 0 radical (unpaired) electrons. The number of piperidine rings is 1. The zero-order chi connectivity index (χ0) is 19.0. The molecule has 2 heterocycles. The summed E-state index contributed by atoms with van der Waals surface area (Å²) in [6, 6.07) is 4.44. The lowest BCUT2D eigenvalue weighted by atomic mass is 9.51. The van der Waals surface area contributed by atoms with Gasteiger partial charge in [0.2, 0.25) is 0 Å². The number of likely N-dealkylation sites (N-methyl/N-ethyl adjacent to an activating group) is 1. The van der Waals surface area contributed by atoms with E-state index in [1.165, 1.54) is 16.7 Å². The second kappa shape index (κ2) is 5.70. The van der Waals surface area contributed by atoms with Crippen molar-refractivity contribution in [1.82, 2.24) is 4.90 Å². The molecule has 1 N–H and O–H groups in total. The van der Waals surface area contributed by atoms with E-state index in [0.717, 1.165) is 30.9 Å². The molecule has 1 aromatic rings. The maximum atomic E-state index is 11.4. The minimum Gasteiger partial charge on any atom is -0.493 e. The fourth-order valence-electron chi connectivity index (χ4n) is 5.93. The zero-order valence-corrected chi connectivity index (χ0v) is 16.3. The predicted molar refractivity (Wildman–Crippen MR) is 99.3 cm³/mol. The molecule has 0 aromatic heterocycles. The van der Waals surface area contributed by atoms with E-state index in [4.69, 9.17) is 18.9 Å². The first-order chi connectivity index (χ1) is 13.0. The Hall–Kier alpha value is -1.60. The summed E-state index contributed by atoms with van der Waals surface area (Å²) < 4.78 is 23.1. The molecular weight excluding hydrogens is 346 g/mol. The zero-order valence-electron chi connectivity index (χ0n) is 16.3. The number of aliphatic hydroxyl groups excluding tert-OH is 1. The number of ether oxygens (including phenoxy) is 4. The Morgan fingerprint density at radius 3 is 2.89 bits per heavy atom. The smallest absolute Gasteiger partial charge is 0.166 e. The van der Waals surface area contributed by atoms with E-state index in [1.54, 1.807) is 14.2 Å². The minimum atomic E-state index is -0.804. The van der Waals surface area contributed by atoms with Gasteiger partial charge in [-0.15, -0.1) is 0 Å². The summed E-state index contributed by atoms with van der Waals surface area (Å²) in [5, 5.41) is 11.4. The lowest BCUT2D eigenvalue weighted by Crippen LogP contribution is -2.70. The summed E-state index contributed by atoms with van der Waals surface area (Å²) in [6.07, 6.45) is 2.71. The van der Waals surface area contributed by atoms with Gasteiger partial charge >= 0.3 is 0 Å². The number of hydrogen-bond donors (Lipinski definition) is 1. The number of rotatable bonds is 4. The van der Waals surface area contributed by atoms with E-state index < -0.39 is 17.8 Å². The van der Waals surface area contributed by atoms with Crippen LogP contribution in [0.4, 0.5) is 0 Å². The molecule has 5 rings (SSSR count). The van der Waals surface area contributed by atoms with Crippen LogP contribution < -0.4 is 9.47 Å². The maximum Gasteiger partial charge on any atom is 0.166 e. The van der Waals surface area contributed by atoms with E-state index in [0.29, 0.717) is 0 Å². The van der Waals surface area contributed by atoms with Crippen molar-refractivity contribution in [2.75, 3.05) is 34.6 Å². The van der Waals surface area contributed by atoms with E-state index in [2.05, 4.69) is 24.1 Å². The number of aliphatic hydroxyl groups is 1. The molecule has 0 amide bonds. The van der Waals surface area contributed by atoms with Crippen LogP contribution in [0, 0.1) is 0 Å². The summed E-state index contributed by atoms with van der Waals surface area (Å²) >= 11 is 0. The van der Waals surface area contributed by atoms with Crippen molar-refractivity contribution in [3.05, 3.63) is 34.9 Å². The monoisotopic (exact) mass is 373 g/mol. The molecule has 5 atom stereocenters. The Kier molecular flexibility index (Phi) is 3.70. The van der Waals surface area contributed by atoms with Crippen molar-refractivity contribution >= 4 is 0 Å². The van der Waals surface area contributed by atoms with Gasteiger partial charge in [-0.3, -0.25) is 4.90 Å². The number of methoxy groups -OCH3 is 2. The van der Waals surface area contributed by atoms with Gasteiger partial charge < -0.3 is 24.1 Å². The molecule has 0 saturated carbocycles. The standard InChI is InChI=1S/C21H27NO5/c1-20-19(23)16(26-11-24-3)10-13-14-9-12-5-6-15(25-4)18(27-20)17(12)21(13,20)7-8-22(14)2/h5-6,10,14,16,19,23H,7-9,11H2,1-4H3/t14-,16-,19-,20-,21-/m1/s1. The third kappa shape index (κ3) is 1.94. The summed E-state index contributed by atoms with van der Waals surface area (Å²) in [4.78, 5) is 2.41. The van der Waals surface area contributed by atoms with Crippen LogP contribution in [-0.4, -0.2) is 68.5 Å². The quantitative estimate of drug-likeness (QED) is 0.640. The number of benzene rings is 1. The molecule has 2 bridgehead atoms. The van der Waals surface area contributed by atoms with Gasteiger partial charge in [0.25, 0.3) is 0 Å². The SMILES string of the molecule is COCO[C@@H]1C=C2[C@H]3Cc4ccc(OC)c5c4[C@]2(CCN3C)[C@](C)(O5)[C@@H]1O. The Morgan fingerprint density at radius 2 is 2.15 bits per heavy atom. The molecule has 4 aliphatic rings. The largest absolute Gasteiger partial charge is 0.493 e. The van der Waals surface area contributed by atoms with Crippen LogP contribution in [0.3, 0.4) is 0 Å². The number of nitrogens with zero attached hydrogens (tertiary/aromatic N) is 1. The van der Waals surface area contributed by atoms with Crippen LogP contribution in [0.2, 0.25) is 0 Å². The van der Waals surface area contributed by atoms with Gasteiger partial charge in [0.15, 0.2) is 11.5 Å². The Balaban J connectivity index is 1.77. The van der Waals surface area contributed by atoms with Crippen LogP contribution in [0.15, 0.2) is 23.8 Å². The van der Waals surface area contributed by atoms with Crippen molar-refractivity contribution < 1.29 is 24.1 Å². The molecule has 1 saturated heterocycles. The Bertz CT molecular complexity index is 823. The van der Waals surface area contributed by atoms with Crippen molar-refractivity contribution in [1.29, 1.82) is 0 Å². The second-order valence-electron chi connectivity index (χ2n) is 8.30. The van der Waals surface area contributed by atoms with Crippen molar-refractivity contribution in [3.8, 4) is 11.5 Å². The fourth-order valence-corrected chi connectivity index (χ4v) is 5.93. The van der Waals surface area contributed by atoms with Gasteiger partial charge in [0, 0.05) is 18.7 Å². The lowest BCUT2D eigenvalue weighted by Gasteiger charge is -2.59. The van der Waals surface area contributed by atoms with Crippen LogP contribution >= 0.6 is 0 Å². The molecule has 146 valence electrons. The first-order valence-corrected chi connectivity index (χ1v) is 9.58. The molecule has 6 heteroatoms. The van der Waals surface area contributed by atoms with E-state index in [9.17, 15) is 5.11 Å². The van der Waals surface area contributed by atoms with Gasteiger partial charge in [0.1, 0.15) is 24.6 Å². The van der Waals surface area contributed by atoms with E-state index >= 15 is 0 Å². The first-order valence-electron chi connectivity index (χ1n) is 9.58. The topological polar surface area (TPSA) is 60.4 Å². The van der Waals surface area contributed by atoms with E-state index in [1.807, 2.05) is 13.0 Å². The molecule has 2 aliphatic carbocycles. The molecule has 1 aromatic carbocycles. The summed E-state index contributed by atoms with van der Waals surface area (Å²) in [5.74, 6) is 1.52. The normalized spacial score (nSPS) is 38.9. The summed E-state index contributed by atoms with van der Waals surface area (Å²) in [7, 11) is 5.44. The minimum absolute atomic E-state index is 0.136. The third-order valence-corrected chi connectivity index (χ3v) is 7.25. The third-order valence-electron chi connectivity index (χ3n) is 7.25. The highest BCUT2D eigenvalue weighted by molar-refractivity contribution is 5.67. The first kappa shape index (κ1) is 17.5. The predicted octanol–water partition coefficient (Wildman–Crippen LogP) is 1.63. The average Bonchev–Trinajstić information content (AvgIpc) is 2.94. The maximum absolute atomic E-state index is 11.4. The van der Waals surface area contributed by atoms with E-state index in [-0.39, 0.29) is 18.2 Å². The highest BCUT2D eigenvalue weighted by atomic mass is 16.7. The molecular formula is C21H27NO5. The van der Waals surface area contributed by atoms with Gasteiger partial charge in [0.05, 0.1) is 12.5 Å². The average molecular weight is 373 g/mol. The molecule has 0 unspecified atom stereocenters. The van der Waals surface area contributed by atoms with Crippen LogP contribution in [0.1, 0.15) is 24.5 Å². The Labute approximate surface area is 159 Å². The number of likely N-dealkylation sites (tertiary alicyclic amines) is 1. The van der Waals surface area contributed by atoms with Gasteiger partial charge in [-0.25, -0.2) is 0 Å². The summed E-state index contributed by atoms with van der Waals surface area (Å²) in [6.45, 7) is 3.13. The van der Waals surface area contributed by atoms with Crippen molar-refractivity contribution in [2.24, 2.45) is 0 Å². The van der Waals surface area contributed by atoms with Gasteiger partial charge in [-0.1, -0.05) is 12.1 Å². The molecule has 6 nitrogen and oxygen atoms in total. The molecule has 1 spiro atoms. The fraction of sp³-hybridized carbons (Fsp3) is 0.619. The molecule has 1 fully saturated rings. The number of hydrogen-bond acceptors (Lipinski definition) is 6. The lowest BCUT2D eigenvalue weighted by molar-refractivity contribution is -0.165. The van der Waals surface area contributed by atoms with Crippen LogP contribution in [0.5, 0.6) is 11.5 Å².